The molecule has 86 valence electrons. The second kappa shape index (κ2) is 4.30. The zero-order valence-electron chi connectivity index (χ0n) is 9.12. The lowest BCUT2D eigenvalue weighted by atomic mass is 10.2. The van der Waals surface area contributed by atoms with Crippen LogP contribution in [-0.2, 0) is 0 Å². The monoisotopic (exact) mass is 221 g/mol. The Hall–Kier alpha value is -1.91. The molecule has 0 radical (unpaired) electrons. The maximum Gasteiger partial charge on any atom is 0.319 e. The van der Waals surface area contributed by atoms with Gasteiger partial charge >= 0.3 is 6.03 Å². The van der Waals surface area contributed by atoms with Crippen molar-refractivity contribution in [3.05, 3.63) is 18.2 Å². The van der Waals surface area contributed by atoms with Crippen LogP contribution in [0.1, 0.15) is 12.8 Å². The molecule has 1 aliphatic rings. The van der Waals surface area contributed by atoms with Gasteiger partial charge in [-0.15, -0.1) is 0 Å². The van der Waals surface area contributed by atoms with Crippen molar-refractivity contribution < 1.29 is 9.53 Å². The topological polar surface area (TPSA) is 76.4 Å². The molecule has 5 nitrogen and oxygen atoms in total. The number of ether oxygens (including phenoxy) is 1. The highest BCUT2D eigenvalue weighted by Gasteiger charge is 2.23. The number of rotatable bonds is 3. The van der Waals surface area contributed by atoms with Gasteiger partial charge in [0.1, 0.15) is 5.75 Å². The van der Waals surface area contributed by atoms with Gasteiger partial charge in [-0.3, -0.25) is 0 Å². The Kier molecular flexibility index (Phi) is 2.85. The molecule has 2 rings (SSSR count). The van der Waals surface area contributed by atoms with Gasteiger partial charge in [0.25, 0.3) is 0 Å². The summed E-state index contributed by atoms with van der Waals surface area (Å²) in [5, 5.41) is 5.55. The Morgan fingerprint density at radius 2 is 2.25 bits per heavy atom. The van der Waals surface area contributed by atoms with E-state index in [1.807, 2.05) is 0 Å². The molecule has 1 aromatic rings. The van der Waals surface area contributed by atoms with E-state index < -0.39 is 0 Å². The van der Waals surface area contributed by atoms with Gasteiger partial charge in [-0.05, 0) is 31.0 Å². The first kappa shape index (κ1) is 10.6. The Balaban J connectivity index is 1.97. The van der Waals surface area contributed by atoms with Gasteiger partial charge < -0.3 is 21.1 Å². The van der Waals surface area contributed by atoms with E-state index >= 15 is 0 Å². The molecule has 1 fully saturated rings. The van der Waals surface area contributed by atoms with Crippen LogP contribution in [0.25, 0.3) is 0 Å². The molecule has 4 N–H and O–H groups in total. The van der Waals surface area contributed by atoms with Gasteiger partial charge in [0.15, 0.2) is 0 Å². The van der Waals surface area contributed by atoms with Crippen molar-refractivity contribution in [2.75, 3.05) is 18.2 Å². The van der Waals surface area contributed by atoms with Crippen molar-refractivity contribution in [2.24, 2.45) is 0 Å². The maximum absolute atomic E-state index is 11.4. The van der Waals surface area contributed by atoms with E-state index in [1.54, 1.807) is 25.3 Å². The Labute approximate surface area is 94.0 Å². The second-order valence-electron chi connectivity index (χ2n) is 3.83. The highest BCUT2D eigenvalue weighted by molar-refractivity contribution is 5.90. The van der Waals surface area contributed by atoms with Crippen molar-refractivity contribution >= 4 is 17.4 Å². The summed E-state index contributed by atoms with van der Waals surface area (Å²) in [5.74, 6) is 0.605. The number of hydrogen-bond acceptors (Lipinski definition) is 3. The number of nitrogens with one attached hydrogen (secondary N) is 2. The van der Waals surface area contributed by atoms with Crippen molar-refractivity contribution in [3.63, 3.8) is 0 Å². The zero-order valence-corrected chi connectivity index (χ0v) is 9.12. The van der Waals surface area contributed by atoms with Crippen LogP contribution in [0.3, 0.4) is 0 Å². The molecule has 0 spiro atoms. The first-order chi connectivity index (χ1) is 7.69. The molecule has 1 aromatic carbocycles. The van der Waals surface area contributed by atoms with Gasteiger partial charge in [-0.2, -0.15) is 0 Å². The summed E-state index contributed by atoms with van der Waals surface area (Å²) in [6, 6.07) is 5.30. The Morgan fingerprint density at radius 1 is 1.50 bits per heavy atom. The predicted molar refractivity (Wildman–Crippen MR) is 62.6 cm³/mol. The summed E-state index contributed by atoms with van der Waals surface area (Å²) < 4.78 is 5.03. The molecular weight excluding hydrogens is 206 g/mol. The third-order valence-electron chi connectivity index (χ3n) is 2.40. The molecule has 1 aliphatic carbocycles. The van der Waals surface area contributed by atoms with E-state index in [1.165, 1.54) is 0 Å². The van der Waals surface area contributed by atoms with E-state index in [0.717, 1.165) is 12.8 Å². The second-order valence-corrected chi connectivity index (χ2v) is 3.83. The SMILES string of the molecule is COc1ccc(NC(=O)NC2CC2)cc1N. The van der Waals surface area contributed by atoms with Crippen LogP contribution < -0.4 is 21.1 Å². The molecule has 0 aromatic heterocycles. The number of amides is 2. The summed E-state index contributed by atoms with van der Waals surface area (Å²) in [7, 11) is 1.55. The lowest BCUT2D eigenvalue weighted by Crippen LogP contribution is -2.30. The lowest BCUT2D eigenvalue weighted by Gasteiger charge is -2.09. The lowest BCUT2D eigenvalue weighted by molar-refractivity contribution is 0.251. The number of nitrogens with two attached hydrogens (primary N) is 1. The molecule has 1 saturated carbocycles. The minimum Gasteiger partial charge on any atom is -0.495 e. The summed E-state index contributed by atoms with van der Waals surface area (Å²) in [5.41, 5.74) is 6.89. The summed E-state index contributed by atoms with van der Waals surface area (Å²) in [6.45, 7) is 0. The van der Waals surface area contributed by atoms with E-state index in [9.17, 15) is 4.79 Å². The van der Waals surface area contributed by atoms with Gasteiger partial charge in [0, 0.05) is 11.7 Å². The fraction of sp³-hybridized carbons (Fsp3) is 0.364. The number of nitrogen functional groups attached to an aromatic ring is 1. The van der Waals surface area contributed by atoms with Gasteiger partial charge in [0.2, 0.25) is 0 Å². The average molecular weight is 221 g/mol. The van der Waals surface area contributed by atoms with E-state index in [0.29, 0.717) is 23.2 Å². The van der Waals surface area contributed by atoms with Crippen LogP contribution in [0.4, 0.5) is 16.2 Å². The van der Waals surface area contributed by atoms with Gasteiger partial charge in [-0.25, -0.2) is 4.79 Å². The summed E-state index contributed by atoms with van der Waals surface area (Å²) in [6.07, 6.45) is 2.14. The van der Waals surface area contributed by atoms with Crippen LogP contribution in [0, 0.1) is 0 Å². The molecule has 0 aliphatic heterocycles. The van der Waals surface area contributed by atoms with Crippen molar-refractivity contribution in [1.29, 1.82) is 0 Å². The molecule has 0 atom stereocenters. The summed E-state index contributed by atoms with van der Waals surface area (Å²) >= 11 is 0. The normalized spacial score (nSPS) is 14.3. The van der Waals surface area contributed by atoms with Crippen LogP contribution in [-0.4, -0.2) is 19.2 Å². The molecule has 0 heterocycles. The van der Waals surface area contributed by atoms with Crippen LogP contribution in [0.15, 0.2) is 18.2 Å². The van der Waals surface area contributed by atoms with Crippen LogP contribution in [0.5, 0.6) is 5.75 Å². The Bertz CT molecular complexity index is 402. The molecule has 0 bridgehead atoms. The van der Waals surface area contributed by atoms with Gasteiger partial charge in [-0.1, -0.05) is 0 Å². The van der Waals surface area contributed by atoms with Crippen molar-refractivity contribution in [3.8, 4) is 5.75 Å². The van der Waals surface area contributed by atoms with Crippen molar-refractivity contribution in [1.82, 2.24) is 5.32 Å². The number of benzene rings is 1. The number of methoxy groups -OCH3 is 1. The van der Waals surface area contributed by atoms with Crippen LogP contribution in [0.2, 0.25) is 0 Å². The standard InChI is InChI=1S/C11H15N3O2/c1-16-10-5-4-8(6-9(10)12)14-11(15)13-7-2-3-7/h4-7H,2-3,12H2,1H3,(H2,13,14,15). The minimum atomic E-state index is -0.188. The fourth-order valence-corrected chi connectivity index (χ4v) is 1.39. The molecule has 0 unspecified atom stereocenters. The number of urea groups is 1. The Morgan fingerprint density at radius 3 is 2.81 bits per heavy atom. The average Bonchev–Trinajstić information content (AvgIpc) is 3.01. The third-order valence-corrected chi connectivity index (χ3v) is 2.40. The molecule has 2 amide bonds. The molecule has 0 saturated heterocycles. The van der Waals surface area contributed by atoms with E-state index in [2.05, 4.69) is 10.6 Å². The highest BCUT2D eigenvalue weighted by Crippen LogP contribution is 2.24. The number of carbonyl (C=O) groups excluding carboxylic acids is 1. The first-order valence-corrected chi connectivity index (χ1v) is 5.20. The summed E-state index contributed by atoms with van der Waals surface area (Å²) in [4.78, 5) is 11.4. The van der Waals surface area contributed by atoms with Gasteiger partial charge in [0.05, 0.1) is 12.8 Å². The fourth-order valence-electron chi connectivity index (χ4n) is 1.39. The smallest absolute Gasteiger partial charge is 0.319 e. The first-order valence-electron chi connectivity index (χ1n) is 5.20. The number of carbonyl (C=O) groups is 1. The molecule has 16 heavy (non-hydrogen) atoms. The minimum absolute atomic E-state index is 0.188. The third kappa shape index (κ3) is 2.56. The zero-order chi connectivity index (χ0) is 11.5. The highest BCUT2D eigenvalue weighted by atomic mass is 16.5. The van der Waals surface area contributed by atoms with E-state index in [-0.39, 0.29) is 6.03 Å². The predicted octanol–water partition coefficient (Wildman–Crippen LogP) is 1.56. The van der Waals surface area contributed by atoms with E-state index in [4.69, 9.17) is 10.5 Å². The number of anilines is 2. The van der Waals surface area contributed by atoms with Crippen LogP contribution >= 0.6 is 0 Å². The molecule has 5 heteroatoms. The number of hydrogen-bond donors (Lipinski definition) is 3. The largest absolute Gasteiger partial charge is 0.495 e. The molecular formula is C11H15N3O2. The van der Waals surface area contributed by atoms with Crippen molar-refractivity contribution in [2.45, 2.75) is 18.9 Å². The maximum atomic E-state index is 11.4. The quantitative estimate of drug-likeness (QED) is 0.678.